The van der Waals surface area contributed by atoms with Crippen LogP contribution in [0.1, 0.15) is 11.3 Å². The number of nitrogens with zero attached hydrogens (tertiary/aromatic N) is 4. The fraction of sp³-hybridized carbons (Fsp3) is 0.304. The zero-order valence-corrected chi connectivity index (χ0v) is 19.0. The highest BCUT2D eigenvalue weighted by molar-refractivity contribution is 7.13. The predicted molar refractivity (Wildman–Crippen MR) is 127 cm³/mol. The molecule has 1 amide bonds. The first-order valence-electron chi connectivity index (χ1n) is 10.6. The van der Waals surface area contributed by atoms with Crippen molar-refractivity contribution < 1.29 is 14.8 Å². The third-order valence-electron chi connectivity index (χ3n) is 5.53. The number of hydrogen-bond donors (Lipinski definition) is 2. The number of likely N-dealkylation sites (N-methyl/N-ethyl adjacent to an activating group) is 1. The minimum absolute atomic E-state index is 0.000379. The summed E-state index contributed by atoms with van der Waals surface area (Å²) in [6.07, 6.45) is -0.000379. The molecule has 0 aliphatic carbocycles. The van der Waals surface area contributed by atoms with Crippen LogP contribution in [0, 0.1) is 10.1 Å². The molecule has 172 valence electrons. The molecule has 2 aromatic carbocycles. The van der Waals surface area contributed by atoms with Gasteiger partial charge in [-0.15, -0.1) is 11.3 Å². The number of nitro groups is 1. The Balaban J connectivity index is 1.39. The Labute approximate surface area is 195 Å². The number of aromatic nitrogens is 1. The summed E-state index contributed by atoms with van der Waals surface area (Å²) in [7, 11) is 2.14. The Morgan fingerprint density at radius 1 is 1.21 bits per heavy atom. The molecule has 1 aliphatic heterocycles. The van der Waals surface area contributed by atoms with Gasteiger partial charge >= 0.3 is 0 Å². The van der Waals surface area contributed by atoms with E-state index < -0.39 is 10.8 Å². The molecular formula is C23H25N5O4S. The highest BCUT2D eigenvalue weighted by Gasteiger charge is 2.16. The summed E-state index contributed by atoms with van der Waals surface area (Å²) in [6.45, 7) is 5.15. The number of nitrogens with one attached hydrogen (secondary N) is 1. The van der Waals surface area contributed by atoms with Crippen molar-refractivity contribution in [3.63, 3.8) is 0 Å². The Morgan fingerprint density at radius 3 is 2.76 bits per heavy atom. The molecule has 1 fully saturated rings. The van der Waals surface area contributed by atoms with Gasteiger partial charge in [-0.3, -0.25) is 19.8 Å². The van der Waals surface area contributed by atoms with Gasteiger partial charge in [0.1, 0.15) is 10.8 Å². The van der Waals surface area contributed by atoms with E-state index in [-0.39, 0.29) is 23.5 Å². The van der Waals surface area contributed by atoms with Crippen molar-refractivity contribution in [1.82, 2.24) is 14.8 Å². The van der Waals surface area contributed by atoms with E-state index in [4.69, 9.17) is 0 Å². The molecule has 33 heavy (non-hydrogen) atoms. The van der Waals surface area contributed by atoms with Gasteiger partial charge in [0.15, 0.2) is 0 Å². The topological polar surface area (TPSA) is 112 Å². The van der Waals surface area contributed by atoms with E-state index >= 15 is 0 Å². The van der Waals surface area contributed by atoms with Gasteiger partial charge in [0, 0.05) is 55.8 Å². The smallest absolute Gasteiger partial charge is 0.271 e. The number of non-ortho nitro benzene ring substituents is 1. The first-order chi connectivity index (χ1) is 15.9. The minimum atomic E-state index is -0.584. The molecule has 0 unspecified atom stereocenters. The highest BCUT2D eigenvalue weighted by Crippen LogP contribution is 2.29. The normalized spacial score (nSPS) is 14.8. The van der Waals surface area contributed by atoms with Crippen molar-refractivity contribution in [2.45, 2.75) is 13.0 Å². The van der Waals surface area contributed by atoms with Crippen LogP contribution in [0.5, 0.6) is 5.75 Å². The van der Waals surface area contributed by atoms with Crippen molar-refractivity contribution >= 4 is 28.6 Å². The Bertz CT molecular complexity index is 1160. The lowest BCUT2D eigenvalue weighted by Crippen LogP contribution is -2.43. The monoisotopic (exact) mass is 467 g/mol. The van der Waals surface area contributed by atoms with Gasteiger partial charge in [-0.1, -0.05) is 18.2 Å². The number of phenolic OH excluding ortho intramolecular Hbond substituents is 1. The molecule has 2 N–H and O–H groups in total. The molecule has 0 bridgehead atoms. The number of nitro benzene ring substituents is 1. The van der Waals surface area contributed by atoms with Gasteiger partial charge in [-0.05, 0) is 24.7 Å². The van der Waals surface area contributed by atoms with Crippen molar-refractivity contribution in [1.29, 1.82) is 0 Å². The van der Waals surface area contributed by atoms with E-state index in [1.807, 2.05) is 17.5 Å². The molecule has 0 atom stereocenters. The Morgan fingerprint density at radius 2 is 2.00 bits per heavy atom. The molecule has 0 spiro atoms. The zero-order chi connectivity index (χ0) is 23.4. The maximum atomic E-state index is 12.4. The van der Waals surface area contributed by atoms with Crippen LogP contribution >= 0.6 is 11.3 Å². The number of hydrogen-bond acceptors (Lipinski definition) is 8. The average molecular weight is 468 g/mol. The number of phenols is 1. The van der Waals surface area contributed by atoms with Crippen LogP contribution in [0.3, 0.4) is 0 Å². The lowest BCUT2D eigenvalue weighted by Gasteiger charge is -2.32. The number of rotatable bonds is 7. The lowest BCUT2D eigenvalue weighted by molar-refractivity contribution is -0.384. The number of carbonyl (C=O) groups excluding carboxylic acids is 1. The summed E-state index contributed by atoms with van der Waals surface area (Å²) in [6, 6.07) is 11.8. The van der Waals surface area contributed by atoms with Crippen molar-refractivity contribution in [2.75, 3.05) is 38.5 Å². The second-order valence-corrected chi connectivity index (χ2v) is 8.97. The van der Waals surface area contributed by atoms with Crippen molar-refractivity contribution in [2.24, 2.45) is 0 Å². The molecule has 1 aliphatic rings. The number of amides is 1. The van der Waals surface area contributed by atoms with Crippen LogP contribution in [-0.4, -0.2) is 63.9 Å². The van der Waals surface area contributed by atoms with Gasteiger partial charge in [0.25, 0.3) is 5.69 Å². The van der Waals surface area contributed by atoms with E-state index in [0.717, 1.165) is 49.4 Å². The fourth-order valence-electron chi connectivity index (χ4n) is 3.68. The van der Waals surface area contributed by atoms with Crippen molar-refractivity contribution in [3.8, 4) is 16.3 Å². The number of piperazine rings is 1. The molecule has 2 heterocycles. The number of benzene rings is 2. The molecule has 4 rings (SSSR count). The lowest BCUT2D eigenvalue weighted by atomic mass is 10.1. The summed E-state index contributed by atoms with van der Waals surface area (Å²) in [5, 5.41) is 26.0. The maximum absolute atomic E-state index is 12.4. The van der Waals surface area contributed by atoms with E-state index in [9.17, 15) is 20.0 Å². The standard InChI is InChI=1S/C23H25N5O4S/c1-26-7-9-27(10-8-26)14-16-3-2-4-17(11-16)23-24-18(15-33-23)12-22(30)25-20-13-19(28(31)32)5-6-21(20)29/h2-6,11,13,15,29H,7-10,12,14H2,1H3,(H,25,30). The summed E-state index contributed by atoms with van der Waals surface area (Å²) < 4.78 is 0. The number of carbonyl (C=O) groups is 1. The van der Waals surface area contributed by atoms with E-state index in [0.29, 0.717) is 5.69 Å². The summed E-state index contributed by atoms with van der Waals surface area (Å²) in [5.74, 6) is -0.642. The second-order valence-electron chi connectivity index (χ2n) is 8.11. The molecule has 9 nitrogen and oxygen atoms in total. The molecule has 1 saturated heterocycles. The number of aromatic hydroxyl groups is 1. The Hall–Kier alpha value is -3.34. The van der Waals surface area contributed by atoms with Crippen LogP contribution in [0.4, 0.5) is 11.4 Å². The van der Waals surface area contributed by atoms with Crippen LogP contribution in [0.15, 0.2) is 47.8 Å². The van der Waals surface area contributed by atoms with Crippen LogP contribution in [0.2, 0.25) is 0 Å². The molecule has 0 saturated carbocycles. The first-order valence-corrected chi connectivity index (χ1v) is 11.5. The van der Waals surface area contributed by atoms with Gasteiger partial charge in [-0.2, -0.15) is 0 Å². The van der Waals surface area contributed by atoms with Crippen molar-refractivity contribution in [3.05, 3.63) is 69.2 Å². The second kappa shape index (κ2) is 10.1. The highest BCUT2D eigenvalue weighted by atomic mass is 32.1. The fourth-order valence-corrected chi connectivity index (χ4v) is 4.50. The quantitative estimate of drug-likeness (QED) is 0.311. The third-order valence-corrected chi connectivity index (χ3v) is 6.47. The molecular weight excluding hydrogens is 442 g/mol. The van der Waals surface area contributed by atoms with E-state index in [1.54, 1.807) is 0 Å². The van der Waals surface area contributed by atoms with Gasteiger partial charge < -0.3 is 15.3 Å². The van der Waals surface area contributed by atoms with E-state index in [2.05, 4.69) is 39.3 Å². The SMILES string of the molecule is CN1CCN(Cc2cccc(-c3nc(CC(=O)Nc4cc([N+](=O)[O-])ccc4O)cs3)c2)CC1. The van der Waals surface area contributed by atoms with Crippen LogP contribution in [0.25, 0.3) is 10.6 Å². The minimum Gasteiger partial charge on any atom is -0.506 e. The van der Waals surface area contributed by atoms with Crippen LogP contribution in [-0.2, 0) is 17.8 Å². The number of thiazole rings is 1. The maximum Gasteiger partial charge on any atom is 0.271 e. The third kappa shape index (κ3) is 5.92. The van der Waals surface area contributed by atoms with Gasteiger partial charge in [0.2, 0.25) is 5.91 Å². The largest absolute Gasteiger partial charge is 0.506 e. The molecule has 1 aromatic heterocycles. The van der Waals surface area contributed by atoms with Gasteiger partial charge in [-0.25, -0.2) is 4.98 Å². The molecule has 0 radical (unpaired) electrons. The van der Waals surface area contributed by atoms with Gasteiger partial charge in [0.05, 0.1) is 22.7 Å². The predicted octanol–water partition coefficient (Wildman–Crippen LogP) is 3.35. The van der Waals surface area contributed by atoms with Crippen LogP contribution < -0.4 is 5.32 Å². The Kier molecular flexibility index (Phi) is 6.97. The van der Waals surface area contributed by atoms with E-state index in [1.165, 1.54) is 29.0 Å². The molecule has 10 heteroatoms. The first kappa shape index (κ1) is 22.8. The summed E-state index contributed by atoms with van der Waals surface area (Å²) >= 11 is 1.47. The number of anilines is 1. The summed E-state index contributed by atoms with van der Waals surface area (Å²) in [5.41, 5.74) is 2.63. The zero-order valence-electron chi connectivity index (χ0n) is 18.2. The summed E-state index contributed by atoms with van der Waals surface area (Å²) in [4.78, 5) is 32.1. The average Bonchev–Trinajstić information content (AvgIpc) is 3.25. The molecule has 3 aromatic rings.